The minimum absolute atomic E-state index is 0.0872. The summed E-state index contributed by atoms with van der Waals surface area (Å²) in [6, 6.07) is 17.2. The number of morpholine rings is 1. The van der Waals surface area contributed by atoms with Crippen LogP contribution in [-0.4, -0.2) is 58.1 Å². The van der Waals surface area contributed by atoms with Crippen molar-refractivity contribution in [1.29, 1.82) is 0 Å². The van der Waals surface area contributed by atoms with Crippen molar-refractivity contribution in [2.75, 3.05) is 26.2 Å². The first-order valence-corrected chi connectivity index (χ1v) is 9.66. The second kappa shape index (κ2) is 8.93. The molecule has 1 aliphatic rings. The Balaban J connectivity index is 1.30. The van der Waals surface area contributed by atoms with Crippen LogP contribution >= 0.6 is 0 Å². The highest BCUT2D eigenvalue weighted by Gasteiger charge is 2.21. The second-order valence-corrected chi connectivity index (χ2v) is 7.09. The molecule has 0 bridgehead atoms. The van der Waals surface area contributed by atoms with E-state index < -0.39 is 0 Å². The van der Waals surface area contributed by atoms with Gasteiger partial charge in [0.15, 0.2) is 0 Å². The summed E-state index contributed by atoms with van der Waals surface area (Å²) in [6.07, 6.45) is -0.0872. The van der Waals surface area contributed by atoms with Crippen molar-refractivity contribution in [2.45, 2.75) is 19.2 Å². The summed E-state index contributed by atoms with van der Waals surface area (Å²) in [5.41, 5.74) is 1.45. The largest absolute Gasteiger partial charge is 0.374 e. The summed E-state index contributed by atoms with van der Waals surface area (Å²) >= 11 is 0. The zero-order valence-electron chi connectivity index (χ0n) is 16.0. The average Bonchev–Trinajstić information content (AvgIpc) is 2.75. The normalized spacial score (nSPS) is 17.3. The van der Waals surface area contributed by atoms with Crippen molar-refractivity contribution in [3.63, 3.8) is 0 Å². The Bertz CT molecular complexity index is 1040. The number of carbonyl (C=O) groups excluding carboxylic acids is 1. The first-order chi connectivity index (χ1) is 14.2. The van der Waals surface area contributed by atoms with Crippen molar-refractivity contribution in [3.05, 3.63) is 70.5 Å². The van der Waals surface area contributed by atoms with Crippen LogP contribution in [0.5, 0.6) is 0 Å². The number of ether oxygens (including phenoxy) is 1. The van der Waals surface area contributed by atoms with Gasteiger partial charge in [0.2, 0.25) is 5.91 Å². The molecule has 2 aromatic carbocycles. The molecule has 4 rings (SSSR count). The molecule has 1 aromatic heterocycles. The van der Waals surface area contributed by atoms with Gasteiger partial charge in [0, 0.05) is 26.2 Å². The number of amides is 1. The monoisotopic (exact) mass is 393 g/mol. The SMILES string of the molecule is O=C(Cn1nnc2ccccc2c1=O)NCC1CN(Cc2ccccc2)CCO1. The average molecular weight is 393 g/mol. The topological polar surface area (TPSA) is 89.3 Å². The number of carbonyl (C=O) groups is 1. The molecule has 3 aromatic rings. The Hall–Kier alpha value is -3.10. The molecule has 8 heteroatoms. The van der Waals surface area contributed by atoms with Crippen LogP contribution in [0.2, 0.25) is 0 Å². The van der Waals surface area contributed by atoms with Crippen LogP contribution in [0.1, 0.15) is 5.56 Å². The van der Waals surface area contributed by atoms with Gasteiger partial charge in [-0.1, -0.05) is 47.7 Å². The Morgan fingerprint density at radius 2 is 1.93 bits per heavy atom. The number of nitrogens with zero attached hydrogens (tertiary/aromatic N) is 4. The van der Waals surface area contributed by atoms with E-state index in [1.165, 1.54) is 5.56 Å². The summed E-state index contributed by atoms with van der Waals surface area (Å²) in [5.74, 6) is -0.291. The third-order valence-corrected chi connectivity index (χ3v) is 4.92. The first kappa shape index (κ1) is 19.2. The second-order valence-electron chi connectivity index (χ2n) is 7.09. The number of nitrogens with one attached hydrogen (secondary N) is 1. The van der Waals surface area contributed by atoms with Gasteiger partial charge in [-0.2, -0.15) is 0 Å². The molecule has 0 radical (unpaired) electrons. The van der Waals surface area contributed by atoms with Crippen LogP contribution in [0.3, 0.4) is 0 Å². The van der Waals surface area contributed by atoms with Crippen molar-refractivity contribution in [2.24, 2.45) is 0 Å². The fraction of sp³-hybridized carbons (Fsp3) is 0.333. The molecule has 1 fully saturated rings. The van der Waals surface area contributed by atoms with Crippen molar-refractivity contribution >= 4 is 16.8 Å². The molecule has 0 spiro atoms. The van der Waals surface area contributed by atoms with Gasteiger partial charge in [0.25, 0.3) is 5.56 Å². The summed E-state index contributed by atoms with van der Waals surface area (Å²) in [7, 11) is 0. The van der Waals surface area contributed by atoms with E-state index in [9.17, 15) is 9.59 Å². The van der Waals surface area contributed by atoms with Gasteiger partial charge in [-0.3, -0.25) is 14.5 Å². The highest BCUT2D eigenvalue weighted by atomic mass is 16.5. The van der Waals surface area contributed by atoms with Crippen LogP contribution in [0.15, 0.2) is 59.4 Å². The van der Waals surface area contributed by atoms with E-state index >= 15 is 0 Å². The van der Waals surface area contributed by atoms with E-state index in [4.69, 9.17) is 4.74 Å². The molecule has 29 heavy (non-hydrogen) atoms. The molecule has 8 nitrogen and oxygen atoms in total. The molecule has 1 saturated heterocycles. The molecule has 1 amide bonds. The fourth-order valence-corrected chi connectivity index (χ4v) is 3.44. The Labute approximate surface area is 168 Å². The maximum atomic E-state index is 12.4. The predicted molar refractivity (Wildman–Crippen MR) is 108 cm³/mol. The van der Waals surface area contributed by atoms with Crippen LogP contribution in [-0.2, 0) is 22.6 Å². The molecule has 0 aliphatic carbocycles. The Morgan fingerprint density at radius 3 is 2.79 bits per heavy atom. The van der Waals surface area contributed by atoms with Crippen LogP contribution in [0.4, 0.5) is 0 Å². The van der Waals surface area contributed by atoms with E-state index in [0.29, 0.717) is 24.1 Å². The van der Waals surface area contributed by atoms with E-state index in [2.05, 4.69) is 32.7 Å². The van der Waals surface area contributed by atoms with Gasteiger partial charge in [-0.15, -0.1) is 5.10 Å². The fourth-order valence-electron chi connectivity index (χ4n) is 3.44. The lowest BCUT2D eigenvalue weighted by Crippen LogP contribution is -2.47. The summed E-state index contributed by atoms with van der Waals surface area (Å²) < 4.78 is 6.86. The quantitative estimate of drug-likeness (QED) is 0.667. The van der Waals surface area contributed by atoms with E-state index in [-0.39, 0.29) is 24.1 Å². The smallest absolute Gasteiger partial charge is 0.278 e. The van der Waals surface area contributed by atoms with E-state index in [0.717, 1.165) is 24.3 Å². The van der Waals surface area contributed by atoms with Crippen LogP contribution < -0.4 is 10.9 Å². The maximum absolute atomic E-state index is 12.4. The number of hydrogen-bond acceptors (Lipinski definition) is 6. The summed E-state index contributed by atoms with van der Waals surface area (Å²) in [6.45, 7) is 3.31. The van der Waals surface area contributed by atoms with Gasteiger partial charge in [0.1, 0.15) is 12.1 Å². The zero-order valence-corrected chi connectivity index (χ0v) is 16.0. The number of benzene rings is 2. The molecule has 2 heterocycles. The first-order valence-electron chi connectivity index (χ1n) is 9.66. The molecular formula is C21H23N5O3. The van der Waals surface area contributed by atoms with Gasteiger partial charge < -0.3 is 10.1 Å². The lowest BCUT2D eigenvalue weighted by molar-refractivity contribution is -0.123. The van der Waals surface area contributed by atoms with E-state index in [1.807, 2.05) is 18.2 Å². The highest BCUT2D eigenvalue weighted by molar-refractivity contribution is 5.78. The number of rotatable bonds is 6. The third-order valence-electron chi connectivity index (χ3n) is 4.92. The van der Waals surface area contributed by atoms with Crippen molar-refractivity contribution in [1.82, 2.24) is 25.2 Å². The van der Waals surface area contributed by atoms with Crippen molar-refractivity contribution in [3.8, 4) is 0 Å². The molecule has 0 saturated carbocycles. The molecular weight excluding hydrogens is 370 g/mol. The molecule has 150 valence electrons. The molecule has 1 unspecified atom stereocenters. The number of hydrogen-bond donors (Lipinski definition) is 1. The summed E-state index contributed by atoms with van der Waals surface area (Å²) in [4.78, 5) is 27.1. The Morgan fingerprint density at radius 1 is 1.14 bits per heavy atom. The van der Waals surface area contributed by atoms with Crippen LogP contribution in [0.25, 0.3) is 10.9 Å². The Kier molecular flexibility index (Phi) is 5.92. The maximum Gasteiger partial charge on any atom is 0.278 e. The lowest BCUT2D eigenvalue weighted by atomic mass is 10.2. The van der Waals surface area contributed by atoms with Crippen LogP contribution in [0, 0.1) is 0 Å². The van der Waals surface area contributed by atoms with Gasteiger partial charge in [-0.05, 0) is 17.7 Å². The third kappa shape index (κ3) is 4.85. The van der Waals surface area contributed by atoms with Crippen molar-refractivity contribution < 1.29 is 9.53 Å². The molecule has 1 N–H and O–H groups in total. The van der Waals surface area contributed by atoms with Gasteiger partial charge in [-0.25, -0.2) is 4.68 Å². The zero-order chi connectivity index (χ0) is 20.1. The minimum atomic E-state index is -0.325. The number of aromatic nitrogens is 3. The molecule has 1 aliphatic heterocycles. The highest BCUT2D eigenvalue weighted by Crippen LogP contribution is 2.10. The predicted octanol–water partition coefficient (Wildman–Crippen LogP) is 0.809. The molecule has 1 atom stereocenters. The summed E-state index contributed by atoms with van der Waals surface area (Å²) in [5, 5.41) is 11.1. The lowest BCUT2D eigenvalue weighted by Gasteiger charge is -2.33. The minimum Gasteiger partial charge on any atom is -0.374 e. The van der Waals surface area contributed by atoms with Gasteiger partial charge in [0.05, 0.1) is 18.1 Å². The standard InChI is InChI=1S/C21H23N5O3/c27-20(15-26-21(28)18-8-4-5-9-19(18)23-24-26)22-12-17-14-25(10-11-29-17)13-16-6-2-1-3-7-16/h1-9,17H,10-15H2,(H,22,27). The van der Waals surface area contributed by atoms with Gasteiger partial charge >= 0.3 is 0 Å². The number of fused-ring (bicyclic) bond motifs is 1. The van der Waals surface area contributed by atoms with E-state index in [1.54, 1.807) is 24.3 Å².